The van der Waals surface area contributed by atoms with E-state index < -0.39 is 0 Å². The van der Waals surface area contributed by atoms with E-state index in [1.807, 2.05) is 30.3 Å². The zero-order valence-electron chi connectivity index (χ0n) is 7.31. The van der Waals surface area contributed by atoms with Gasteiger partial charge in [-0.15, -0.1) is 0 Å². The molecule has 2 aromatic rings. The fourth-order valence-electron chi connectivity index (χ4n) is 1.21. The van der Waals surface area contributed by atoms with Crippen molar-refractivity contribution < 1.29 is 0 Å². The van der Waals surface area contributed by atoms with Crippen LogP contribution in [0.5, 0.6) is 0 Å². The fraction of sp³-hybridized carbons (Fsp3) is 0. The van der Waals surface area contributed by atoms with Crippen molar-refractivity contribution in [2.75, 3.05) is 4.34 Å². The summed E-state index contributed by atoms with van der Waals surface area (Å²) in [5, 5.41) is 0. The van der Waals surface area contributed by atoms with Crippen LogP contribution in [0, 0.1) is 0 Å². The quantitative estimate of drug-likeness (QED) is 0.833. The second kappa shape index (κ2) is 4.19. The lowest BCUT2D eigenvalue weighted by atomic mass is 10.1. The highest BCUT2D eigenvalue weighted by atomic mass is 79.9. The van der Waals surface area contributed by atoms with E-state index in [0.29, 0.717) is 0 Å². The molecule has 0 aliphatic carbocycles. The smallest absolute Gasteiger partial charge is 0.162 e. The monoisotopic (exact) mass is 249 g/mol. The molecule has 3 nitrogen and oxygen atoms in total. The van der Waals surface area contributed by atoms with Crippen molar-refractivity contribution >= 4 is 22.0 Å². The first-order chi connectivity index (χ1) is 6.92. The summed E-state index contributed by atoms with van der Waals surface area (Å²) in [4.78, 5) is 8.42. The van der Waals surface area contributed by atoms with Gasteiger partial charge in [0.25, 0.3) is 0 Å². The Labute approximate surface area is 90.6 Å². The van der Waals surface area contributed by atoms with Gasteiger partial charge in [0.15, 0.2) is 5.82 Å². The molecular weight excluding hydrogens is 242 g/mol. The van der Waals surface area contributed by atoms with E-state index in [2.05, 4.69) is 30.5 Å². The molecule has 1 heterocycles. The van der Waals surface area contributed by atoms with Crippen molar-refractivity contribution in [1.29, 1.82) is 0 Å². The van der Waals surface area contributed by atoms with Gasteiger partial charge in [0.05, 0.1) is 0 Å². The van der Waals surface area contributed by atoms with Crippen LogP contribution in [0.1, 0.15) is 0 Å². The molecule has 0 saturated heterocycles. The molecular formula is C10H8BrN3. The minimum absolute atomic E-state index is 0.721. The second-order valence-electron chi connectivity index (χ2n) is 2.71. The van der Waals surface area contributed by atoms with E-state index in [1.165, 1.54) is 0 Å². The Morgan fingerprint density at radius 1 is 1.00 bits per heavy atom. The average molecular weight is 250 g/mol. The van der Waals surface area contributed by atoms with Crippen LogP contribution in [0.15, 0.2) is 42.7 Å². The Balaban J connectivity index is 2.51. The van der Waals surface area contributed by atoms with Gasteiger partial charge in [-0.1, -0.05) is 30.3 Å². The van der Waals surface area contributed by atoms with Crippen LogP contribution in [0.4, 0.5) is 5.82 Å². The van der Waals surface area contributed by atoms with Gasteiger partial charge in [-0.2, -0.15) is 0 Å². The van der Waals surface area contributed by atoms with Gasteiger partial charge < -0.3 is 4.34 Å². The highest BCUT2D eigenvalue weighted by molar-refractivity contribution is 9.10. The number of benzene rings is 1. The first-order valence-corrected chi connectivity index (χ1v) is 4.94. The summed E-state index contributed by atoms with van der Waals surface area (Å²) in [5.74, 6) is 0.721. The largest absolute Gasteiger partial charge is 0.305 e. The number of rotatable bonds is 2. The molecule has 0 aliphatic rings. The summed E-state index contributed by atoms with van der Waals surface area (Å²) in [7, 11) is 0. The number of hydrogen-bond donors (Lipinski definition) is 1. The molecule has 0 fully saturated rings. The maximum Gasteiger partial charge on any atom is 0.162 e. The Bertz CT molecular complexity index is 417. The SMILES string of the molecule is BrNc1nccnc1-c1ccccc1. The predicted octanol–water partition coefficient (Wildman–Crippen LogP) is 2.87. The molecule has 0 amide bonds. The third kappa shape index (κ3) is 1.75. The minimum Gasteiger partial charge on any atom is -0.305 e. The van der Waals surface area contributed by atoms with Crippen LogP contribution in [-0.4, -0.2) is 9.97 Å². The maximum absolute atomic E-state index is 4.26. The fourth-order valence-corrected chi connectivity index (χ4v) is 1.50. The Kier molecular flexibility index (Phi) is 2.74. The molecule has 4 heteroatoms. The zero-order chi connectivity index (χ0) is 9.80. The molecule has 0 radical (unpaired) electrons. The summed E-state index contributed by atoms with van der Waals surface area (Å²) < 4.78 is 2.83. The number of halogens is 1. The lowest BCUT2D eigenvalue weighted by Gasteiger charge is -2.04. The summed E-state index contributed by atoms with van der Waals surface area (Å²) in [6.07, 6.45) is 3.33. The molecule has 0 bridgehead atoms. The van der Waals surface area contributed by atoms with E-state index in [1.54, 1.807) is 12.4 Å². The van der Waals surface area contributed by atoms with E-state index in [0.717, 1.165) is 17.1 Å². The Morgan fingerprint density at radius 3 is 2.43 bits per heavy atom. The van der Waals surface area contributed by atoms with Crippen molar-refractivity contribution in [3.63, 3.8) is 0 Å². The Hall–Kier alpha value is -1.42. The lowest BCUT2D eigenvalue weighted by molar-refractivity contribution is 1.22. The van der Waals surface area contributed by atoms with Gasteiger partial charge in [-0.3, -0.25) is 4.98 Å². The maximum atomic E-state index is 4.26. The number of nitrogens with one attached hydrogen (secondary N) is 1. The van der Waals surface area contributed by atoms with Crippen LogP contribution in [0.25, 0.3) is 11.3 Å². The van der Waals surface area contributed by atoms with Gasteiger partial charge in [-0.25, -0.2) is 4.98 Å². The molecule has 2 rings (SSSR count). The van der Waals surface area contributed by atoms with Gasteiger partial charge in [0.2, 0.25) is 0 Å². The van der Waals surface area contributed by atoms with Crippen molar-refractivity contribution in [2.45, 2.75) is 0 Å². The molecule has 0 atom stereocenters. The summed E-state index contributed by atoms with van der Waals surface area (Å²) in [5.41, 5.74) is 1.88. The van der Waals surface area contributed by atoms with Crippen LogP contribution in [0.3, 0.4) is 0 Å². The zero-order valence-corrected chi connectivity index (χ0v) is 8.90. The molecule has 70 valence electrons. The molecule has 0 spiro atoms. The van der Waals surface area contributed by atoms with Gasteiger partial charge >= 0.3 is 0 Å². The van der Waals surface area contributed by atoms with Crippen LogP contribution >= 0.6 is 16.1 Å². The number of hydrogen-bond acceptors (Lipinski definition) is 3. The van der Waals surface area contributed by atoms with Crippen LogP contribution in [-0.2, 0) is 0 Å². The van der Waals surface area contributed by atoms with Gasteiger partial charge in [0.1, 0.15) is 5.69 Å². The van der Waals surface area contributed by atoms with Crippen LogP contribution in [0.2, 0.25) is 0 Å². The highest BCUT2D eigenvalue weighted by Gasteiger charge is 2.04. The third-order valence-corrected chi connectivity index (χ3v) is 2.21. The lowest BCUT2D eigenvalue weighted by Crippen LogP contribution is -1.92. The average Bonchev–Trinajstić information content (AvgIpc) is 2.30. The van der Waals surface area contributed by atoms with Crippen molar-refractivity contribution in [1.82, 2.24) is 9.97 Å². The first-order valence-electron chi connectivity index (χ1n) is 4.15. The minimum atomic E-state index is 0.721. The van der Waals surface area contributed by atoms with E-state index in [4.69, 9.17) is 0 Å². The van der Waals surface area contributed by atoms with Crippen molar-refractivity contribution in [3.8, 4) is 11.3 Å². The van der Waals surface area contributed by atoms with Gasteiger partial charge in [0, 0.05) is 34.1 Å². The molecule has 0 unspecified atom stereocenters. The normalized spacial score (nSPS) is 9.79. The topological polar surface area (TPSA) is 37.8 Å². The number of aromatic nitrogens is 2. The van der Waals surface area contributed by atoms with E-state index >= 15 is 0 Å². The highest BCUT2D eigenvalue weighted by Crippen LogP contribution is 2.23. The van der Waals surface area contributed by atoms with E-state index in [9.17, 15) is 0 Å². The molecule has 0 saturated carbocycles. The van der Waals surface area contributed by atoms with E-state index in [-0.39, 0.29) is 0 Å². The molecule has 0 aliphatic heterocycles. The number of nitrogens with zero attached hydrogens (tertiary/aromatic N) is 2. The van der Waals surface area contributed by atoms with Crippen LogP contribution < -0.4 is 4.34 Å². The van der Waals surface area contributed by atoms with Crippen molar-refractivity contribution in [3.05, 3.63) is 42.7 Å². The Morgan fingerprint density at radius 2 is 1.71 bits per heavy atom. The predicted molar refractivity (Wildman–Crippen MR) is 60.0 cm³/mol. The summed E-state index contributed by atoms with van der Waals surface area (Å²) in [6, 6.07) is 9.92. The first kappa shape index (κ1) is 9.15. The molecule has 1 aromatic heterocycles. The molecule has 1 aromatic carbocycles. The third-order valence-electron chi connectivity index (χ3n) is 1.83. The standard InChI is InChI=1S/C10H8BrN3/c11-14-10-9(12-6-7-13-10)8-4-2-1-3-5-8/h1-7H,(H,13,14). The summed E-state index contributed by atoms with van der Waals surface area (Å²) in [6.45, 7) is 0. The summed E-state index contributed by atoms with van der Waals surface area (Å²) >= 11 is 3.15. The number of anilines is 1. The second-order valence-corrected chi connectivity index (χ2v) is 3.11. The molecule has 14 heavy (non-hydrogen) atoms. The molecule has 1 N–H and O–H groups in total. The van der Waals surface area contributed by atoms with Gasteiger partial charge in [-0.05, 0) is 0 Å². The van der Waals surface area contributed by atoms with Crippen molar-refractivity contribution in [2.24, 2.45) is 0 Å².